The third kappa shape index (κ3) is 5.14. The first-order valence-corrected chi connectivity index (χ1v) is 10.3. The summed E-state index contributed by atoms with van der Waals surface area (Å²) in [6.07, 6.45) is 0. The molecule has 0 radical (unpaired) electrons. The minimum Gasteiger partial charge on any atom is -0.368 e. The number of hydrogen-bond acceptors (Lipinski definition) is 2. The summed E-state index contributed by atoms with van der Waals surface area (Å²) < 4.78 is 0. The Morgan fingerprint density at radius 1 is 0.800 bits per heavy atom. The van der Waals surface area contributed by atoms with Crippen LogP contribution in [-0.4, -0.2) is 37.1 Å². The van der Waals surface area contributed by atoms with Crippen LogP contribution in [0.1, 0.15) is 11.1 Å². The number of urea groups is 1. The Balaban J connectivity index is 1.35. The molecule has 1 aliphatic heterocycles. The highest BCUT2D eigenvalue weighted by atomic mass is 35.5. The van der Waals surface area contributed by atoms with Crippen LogP contribution >= 0.6 is 11.6 Å². The zero-order valence-corrected chi connectivity index (χ0v) is 17.3. The van der Waals surface area contributed by atoms with Gasteiger partial charge in [0.15, 0.2) is 0 Å². The number of benzene rings is 3. The molecule has 1 saturated heterocycles. The fourth-order valence-electron chi connectivity index (χ4n) is 3.38. The molecule has 4 rings (SSSR count). The fourth-order valence-corrected chi connectivity index (χ4v) is 3.57. The molecule has 5 heteroatoms. The predicted octanol–water partition coefficient (Wildman–Crippen LogP) is 5.09. The minimum atomic E-state index is -0.0890. The van der Waals surface area contributed by atoms with E-state index in [0.717, 1.165) is 40.6 Å². The lowest BCUT2D eigenvalue weighted by Gasteiger charge is -2.36. The van der Waals surface area contributed by atoms with E-state index in [1.165, 1.54) is 0 Å². The first-order chi connectivity index (χ1) is 14.7. The Kier molecular flexibility index (Phi) is 6.22. The van der Waals surface area contributed by atoms with E-state index < -0.39 is 0 Å². The van der Waals surface area contributed by atoms with Crippen LogP contribution in [0.15, 0.2) is 78.9 Å². The summed E-state index contributed by atoms with van der Waals surface area (Å²) in [5, 5.41) is 3.72. The molecular weight excluding hydrogens is 394 g/mol. The number of hydrogen-bond donors (Lipinski definition) is 1. The lowest BCUT2D eigenvalue weighted by molar-refractivity contribution is 0.208. The van der Waals surface area contributed by atoms with Crippen molar-refractivity contribution in [1.82, 2.24) is 4.90 Å². The van der Waals surface area contributed by atoms with Gasteiger partial charge in [-0.15, -0.1) is 0 Å². The van der Waals surface area contributed by atoms with Gasteiger partial charge in [-0.3, -0.25) is 0 Å². The number of piperazine rings is 1. The van der Waals surface area contributed by atoms with Gasteiger partial charge in [0.25, 0.3) is 0 Å². The predicted molar refractivity (Wildman–Crippen MR) is 123 cm³/mol. The van der Waals surface area contributed by atoms with Gasteiger partial charge >= 0.3 is 6.03 Å². The molecule has 2 amide bonds. The monoisotopic (exact) mass is 415 g/mol. The van der Waals surface area contributed by atoms with Crippen LogP contribution in [0.4, 0.5) is 16.2 Å². The van der Waals surface area contributed by atoms with E-state index in [9.17, 15) is 4.79 Å². The van der Waals surface area contributed by atoms with E-state index in [2.05, 4.69) is 22.1 Å². The molecule has 1 aliphatic rings. The van der Waals surface area contributed by atoms with Gasteiger partial charge in [-0.1, -0.05) is 53.8 Å². The smallest absolute Gasteiger partial charge is 0.321 e. The van der Waals surface area contributed by atoms with Crippen LogP contribution in [-0.2, 0) is 0 Å². The van der Waals surface area contributed by atoms with Gasteiger partial charge in [0, 0.05) is 53.7 Å². The van der Waals surface area contributed by atoms with Crippen LogP contribution in [0.2, 0.25) is 5.02 Å². The SMILES string of the molecule is O=C(Nc1cccc(C#Cc2ccccc2)c1)N1CCN(c2cccc(Cl)c2)CC1. The molecule has 3 aromatic rings. The number of nitrogens with zero attached hydrogens (tertiary/aromatic N) is 2. The Labute approximate surface area is 182 Å². The number of halogens is 1. The molecule has 1 N–H and O–H groups in total. The maximum absolute atomic E-state index is 12.7. The van der Waals surface area contributed by atoms with Crippen molar-refractivity contribution in [3.63, 3.8) is 0 Å². The van der Waals surface area contributed by atoms with Crippen molar-refractivity contribution in [3.8, 4) is 11.8 Å². The van der Waals surface area contributed by atoms with E-state index in [4.69, 9.17) is 11.6 Å². The molecule has 1 fully saturated rings. The van der Waals surface area contributed by atoms with E-state index in [-0.39, 0.29) is 6.03 Å². The van der Waals surface area contributed by atoms with Crippen molar-refractivity contribution >= 4 is 29.0 Å². The molecule has 0 saturated carbocycles. The number of nitrogens with one attached hydrogen (secondary N) is 1. The van der Waals surface area contributed by atoms with Gasteiger partial charge < -0.3 is 15.1 Å². The van der Waals surface area contributed by atoms with Gasteiger partial charge in [-0.05, 0) is 48.5 Å². The average Bonchev–Trinajstić information content (AvgIpc) is 2.79. The van der Waals surface area contributed by atoms with Gasteiger partial charge in [0.05, 0.1) is 0 Å². The highest BCUT2D eigenvalue weighted by Crippen LogP contribution is 2.21. The van der Waals surface area contributed by atoms with E-state index in [1.54, 1.807) is 0 Å². The van der Waals surface area contributed by atoms with Gasteiger partial charge in [0.1, 0.15) is 0 Å². The summed E-state index contributed by atoms with van der Waals surface area (Å²) in [5.74, 6) is 6.29. The molecule has 0 aromatic heterocycles. The van der Waals surface area contributed by atoms with Crippen molar-refractivity contribution in [1.29, 1.82) is 0 Å². The first kappa shape index (κ1) is 19.9. The van der Waals surface area contributed by atoms with Gasteiger partial charge in [-0.2, -0.15) is 0 Å². The Hall–Kier alpha value is -3.42. The quantitative estimate of drug-likeness (QED) is 0.591. The number of anilines is 2. The Morgan fingerprint density at radius 2 is 1.50 bits per heavy atom. The Morgan fingerprint density at radius 3 is 2.27 bits per heavy atom. The normalized spacial score (nSPS) is 13.4. The summed E-state index contributed by atoms with van der Waals surface area (Å²) in [5.41, 5.74) is 3.66. The van der Waals surface area contributed by atoms with Crippen LogP contribution in [0.5, 0.6) is 0 Å². The van der Waals surface area contributed by atoms with Crippen molar-refractivity contribution in [2.24, 2.45) is 0 Å². The van der Waals surface area contributed by atoms with Crippen molar-refractivity contribution < 1.29 is 4.79 Å². The zero-order valence-electron chi connectivity index (χ0n) is 16.5. The van der Waals surface area contributed by atoms with Crippen LogP contribution in [0.3, 0.4) is 0 Å². The standard InChI is InChI=1S/C25H22ClN3O/c26-22-9-5-11-24(19-22)28-14-16-29(17-15-28)25(30)27-23-10-4-8-21(18-23)13-12-20-6-2-1-3-7-20/h1-11,18-19H,14-17H2,(H,27,30). The molecule has 0 unspecified atom stereocenters. The topological polar surface area (TPSA) is 35.6 Å². The van der Waals surface area contributed by atoms with Crippen molar-refractivity contribution in [2.75, 3.05) is 36.4 Å². The van der Waals surface area contributed by atoms with E-state index in [0.29, 0.717) is 13.1 Å². The van der Waals surface area contributed by atoms with E-state index in [1.807, 2.05) is 83.8 Å². The van der Waals surface area contributed by atoms with Crippen molar-refractivity contribution in [2.45, 2.75) is 0 Å². The maximum Gasteiger partial charge on any atom is 0.321 e. The molecule has 0 bridgehead atoms. The second kappa shape index (κ2) is 9.39. The third-order valence-corrected chi connectivity index (χ3v) is 5.21. The molecule has 1 heterocycles. The molecule has 150 valence electrons. The summed E-state index contributed by atoms with van der Waals surface area (Å²) in [6, 6.07) is 25.2. The summed E-state index contributed by atoms with van der Waals surface area (Å²) in [4.78, 5) is 16.8. The number of amides is 2. The number of rotatable bonds is 2. The molecule has 3 aromatic carbocycles. The van der Waals surface area contributed by atoms with Gasteiger partial charge in [0.2, 0.25) is 0 Å². The molecule has 0 spiro atoms. The summed E-state index contributed by atoms with van der Waals surface area (Å²) in [7, 11) is 0. The molecular formula is C25H22ClN3O. The second-order valence-electron chi connectivity index (χ2n) is 7.08. The van der Waals surface area contributed by atoms with Crippen molar-refractivity contribution in [3.05, 3.63) is 95.0 Å². The molecule has 0 aliphatic carbocycles. The molecule has 4 nitrogen and oxygen atoms in total. The van der Waals surface area contributed by atoms with Gasteiger partial charge in [-0.25, -0.2) is 4.79 Å². The highest BCUT2D eigenvalue weighted by Gasteiger charge is 2.21. The van der Waals surface area contributed by atoms with E-state index >= 15 is 0 Å². The minimum absolute atomic E-state index is 0.0890. The summed E-state index contributed by atoms with van der Waals surface area (Å²) >= 11 is 6.09. The zero-order chi connectivity index (χ0) is 20.8. The highest BCUT2D eigenvalue weighted by molar-refractivity contribution is 6.30. The number of carbonyl (C=O) groups excluding carboxylic acids is 1. The lowest BCUT2D eigenvalue weighted by Crippen LogP contribution is -2.50. The molecule has 0 atom stereocenters. The van der Waals surface area contributed by atoms with Crippen LogP contribution in [0, 0.1) is 11.8 Å². The molecule has 30 heavy (non-hydrogen) atoms. The summed E-state index contributed by atoms with van der Waals surface area (Å²) in [6.45, 7) is 2.87. The lowest BCUT2D eigenvalue weighted by atomic mass is 10.1. The fraction of sp³-hybridized carbons (Fsp3) is 0.160. The van der Waals surface area contributed by atoms with Crippen LogP contribution in [0.25, 0.3) is 0 Å². The largest absolute Gasteiger partial charge is 0.368 e. The average molecular weight is 416 g/mol. The third-order valence-electron chi connectivity index (χ3n) is 4.98. The first-order valence-electron chi connectivity index (χ1n) is 9.91. The maximum atomic E-state index is 12.7. The van der Waals surface area contributed by atoms with Crippen LogP contribution < -0.4 is 10.2 Å². The second-order valence-corrected chi connectivity index (χ2v) is 7.52. The Bertz CT molecular complexity index is 1080. The number of carbonyl (C=O) groups is 1.